The van der Waals surface area contributed by atoms with Crippen molar-refractivity contribution in [2.75, 3.05) is 0 Å². The maximum Gasteiger partial charge on any atom is 0.131 e. The lowest BCUT2D eigenvalue weighted by molar-refractivity contribution is 0.440. The van der Waals surface area contributed by atoms with E-state index in [1.54, 1.807) is 0 Å². The number of hydrogen-bond acceptors (Lipinski definition) is 0. The van der Waals surface area contributed by atoms with E-state index in [-0.39, 0.29) is 0 Å². The molecule has 0 nitrogen and oxygen atoms in total. The number of rotatable bonds is 1. The molecule has 0 unspecified atom stereocenters. The topological polar surface area (TPSA) is 0 Å². The summed E-state index contributed by atoms with van der Waals surface area (Å²) < 4.78 is 36.5. The second-order valence-electron chi connectivity index (χ2n) is 1.83. The third-order valence-corrected chi connectivity index (χ3v) is 1.20. The van der Waals surface area contributed by atoms with Crippen molar-refractivity contribution in [1.82, 2.24) is 0 Å². The van der Waals surface area contributed by atoms with Gasteiger partial charge >= 0.3 is 0 Å². The molecule has 0 N–H and O–H groups in total. The molecule has 0 radical (unpaired) electrons. The Morgan fingerprint density at radius 3 is 1.90 bits per heavy atom. The fourth-order valence-electron chi connectivity index (χ4n) is 0.660. The van der Waals surface area contributed by atoms with Crippen molar-refractivity contribution in [3.8, 4) is 0 Å². The van der Waals surface area contributed by atoms with E-state index in [4.69, 9.17) is 0 Å². The third-order valence-electron chi connectivity index (χ3n) is 1.20. The summed E-state index contributed by atoms with van der Waals surface area (Å²) in [6, 6.07) is 3.25. The zero-order chi connectivity index (χ0) is 7.56. The molecular weight excluding hydrogens is 141 g/mol. The molecule has 0 fully saturated rings. The van der Waals surface area contributed by atoms with Crippen LogP contribution in [0.5, 0.6) is 0 Å². The first-order valence-electron chi connectivity index (χ1n) is 2.74. The van der Waals surface area contributed by atoms with Crippen molar-refractivity contribution in [2.45, 2.75) is 6.67 Å². The van der Waals surface area contributed by atoms with Crippen molar-refractivity contribution in [1.29, 1.82) is 0 Å². The monoisotopic (exact) mass is 146 g/mol. The molecule has 54 valence electrons. The first kappa shape index (κ1) is 7.12. The van der Waals surface area contributed by atoms with E-state index >= 15 is 0 Å². The SMILES string of the molecule is FCc1c(F)cccc1F. The normalized spacial score (nSPS) is 9.90. The highest BCUT2D eigenvalue weighted by molar-refractivity contribution is 5.18. The number of hydrogen-bond donors (Lipinski definition) is 0. The number of alkyl halides is 1. The predicted octanol–water partition coefficient (Wildman–Crippen LogP) is 2.43. The summed E-state index contributed by atoms with van der Waals surface area (Å²) in [5.74, 6) is -1.66. The van der Waals surface area contributed by atoms with Gasteiger partial charge in [-0.05, 0) is 12.1 Å². The van der Waals surface area contributed by atoms with Crippen LogP contribution in [0.4, 0.5) is 13.2 Å². The minimum absolute atomic E-state index is 0.498. The Kier molecular flexibility index (Phi) is 1.94. The van der Waals surface area contributed by atoms with E-state index < -0.39 is 23.9 Å². The Morgan fingerprint density at radius 2 is 1.60 bits per heavy atom. The molecule has 0 heterocycles. The van der Waals surface area contributed by atoms with Crippen LogP contribution in [0.1, 0.15) is 5.56 Å². The summed E-state index contributed by atoms with van der Waals surface area (Å²) >= 11 is 0. The Balaban J connectivity index is 3.17. The zero-order valence-corrected chi connectivity index (χ0v) is 5.07. The van der Waals surface area contributed by atoms with E-state index in [9.17, 15) is 13.2 Å². The minimum Gasteiger partial charge on any atom is -0.246 e. The highest BCUT2D eigenvalue weighted by Crippen LogP contribution is 2.12. The van der Waals surface area contributed by atoms with Crippen molar-refractivity contribution in [3.63, 3.8) is 0 Å². The quantitative estimate of drug-likeness (QED) is 0.570. The van der Waals surface area contributed by atoms with Crippen LogP contribution in [0, 0.1) is 11.6 Å². The highest BCUT2D eigenvalue weighted by atomic mass is 19.1. The van der Waals surface area contributed by atoms with Gasteiger partial charge in [0.15, 0.2) is 0 Å². The van der Waals surface area contributed by atoms with Crippen molar-refractivity contribution < 1.29 is 13.2 Å². The predicted molar refractivity (Wildman–Crippen MR) is 31.2 cm³/mol. The molecule has 1 aromatic carbocycles. The minimum atomic E-state index is -1.10. The van der Waals surface area contributed by atoms with Gasteiger partial charge in [-0.3, -0.25) is 0 Å². The van der Waals surface area contributed by atoms with Crippen molar-refractivity contribution in [3.05, 3.63) is 35.4 Å². The molecule has 0 aliphatic carbocycles. The molecule has 1 aromatic rings. The lowest BCUT2D eigenvalue weighted by atomic mass is 10.2. The van der Waals surface area contributed by atoms with Gasteiger partial charge in [-0.1, -0.05) is 6.07 Å². The Labute approximate surface area is 56.3 Å². The maximum absolute atomic E-state index is 12.4. The van der Waals surface area contributed by atoms with E-state index in [2.05, 4.69) is 0 Å². The average molecular weight is 146 g/mol. The number of benzene rings is 1. The van der Waals surface area contributed by atoms with Crippen LogP contribution in [-0.4, -0.2) is 0 Å². The molecule has 1 rings (SSSR count). The van der Waals surface area contributed by atoms with Crippen LogP contribution < -0.4 is 0 Å². The third kappa shape index (κ3) is 1.12. The van der Waals surface area contributed by atoms with Gasteiger partial charge in [0.05, 0.1) is 5.56 Å². The van der Waals surface area contributed by atoms with Crippen LogP contribution in [0.3, 0.4) is 0 Å². The van der Waals surface area contributed by atoms with Crippen LogP contribution in [0.15, 0.2) is 18.2 Å². The summed E-state index contributed by atoms with van der Waals surface area (Å²) in [6.45, 7) is -1.10. The van der Waals surface area contributed by atoms with E-state index in [0.29, 0.717) is 0 Å². The molecule has 0 amide bonds. The highest BCUT2D eigenvalue weighted by Gasteiger charge is 2.05. The van der Waals surface area contributed by atoms with Gasteiger partial charge in [-0.2, -0.15) is 0 Å². The maximum atomic E-state index is 12.4. The first-order valence-corrected chi connectivity index (χ1v) is 2.74. The number of halogens is 3. The van der Waals surface area contributed by atoms with Gasteiger partial charge in [-0.25, -0.2) is 13.2 Å². The lowest BCUT2D eigenvalue weighted by Gasteiger charge is -1.96. The largest absolute Gasteiger partial charge is 0.246 e. The van der Waals surface area contributed by atoms with Crippen LogP contribution in [-0.2, 0) is 6.67 Å². The van der Waals surface area contributed by atoms with Crippen molar-refractivity contribution in [2.24, 2.45) is 0 Å². The summed E-state index contributed by atoms with van der Waals surface area (Å²) in [6.07, 6.45) is 0. The second-order valence-corrected chi connectivity index (χ2v) is 1.83. The molecule has 0 aliphatic rings. The first-order chi connectivity index (χ1) is 4.75. The fraction of sp³-hybridized carbons (Fsp3) is 0.143. The van der Waals surface area contributed by atoms with E-state index in [0.717, 1.165) is 12.1 Å². The van der Waals surface area contributed by atoms with Crippen LogP contribution in [0.25, 0.3) is 0 Å². The summed E-state index contributed by atoms with van der Waals surface area (Å²) in [4.78, 5) is 0. The van der Waals surface area contributed by atoms with Gasteiger partial charge < -0.3 is 0 Å². The fourth-order valence-corrected chi connectivity index (χ4v) is 0.660. The van der Waals surface area contributed by atoms with Crippen molar-refractivity contribution >= 4 is 0 Å². The Bertz CT molecular complexity index is 212. The molecule has 0 atom stereocenters. The van der Waals surface area contributed by atoms with Gasteiger partial charge in [0.25, 0.3) is 0 Å². The average Bonchev–Trinajstić information content (AvgIpc) is 1.88. The zero-order valence-electron chi connectivity index (χ0n) is 5.07. The molecule has 0 saturated carbocycles. The van der Waals surface area contributed by atoms with Gasteiger partial charge in [0, 0.05) is 0 Å². The van der Waals surface area contributed by atoms with E-state index in [1.807, 2.05) is 0 Å². The van der Waals surface area contributed by atoms with Crippen LogP contribution in [0.2, 0.25) is 0 Å². The molecule has 0 spiro atoms. The second kappa shape index (κ2) is 2.73. The van der Waals surface area contributed by atoms with Gasteiger partial charge in [-0.15, -0.1) is 0 Å². The summed E-state index contributed by atoms with van der Waals surface area (Å²) in [5.41, 5.74) is -0.498. The molecule has 0 aromatic heterocycles. The van der Waals surface area contributed by atoms with Gasteiger partial charge in [0.2, 0.25) is 0 Å². The Morgan fingerprint density at radius 1 is 1.10 bits per heavy atom. The van der Waals surface area contributed by atoms with Gasteiger partial charge in [0.1, 0.15) is 18.3 Å². The molecule has 0 saturated heterocycles. The molecular formula is C7H5F3. The molecule has 0 aliphatic heterocycles. The summed E-state index contributed by atoms with van der Waals surface area (Å²) in [5, 5.41) is 0. The molecule has 3 heteroatoms. The van der Waals surface area contributed by atoms with Crippen LogP contribution >= 0.6 is 0 Å². The lowest BCUT2D eigenvalue weighted by Crippen LogP contribution is -1.90. The summed E-state index contributed by atoms with van der Waals surface area (Å²) in [7, 11) is 0. The van der Waals surface area contributed by atoms with E-state index in [1.165, 1.54) is 6.07 Å². The smallest absolute Gasteiger partial charge is 0.131 e. The molecule has 10 heavy (non-hydrogen) atoms. The Hall–Kier alpha value is -0.990. The molecule has 0 bridgehead atoms. The standard InChI is InChI=1S/C7H5F3/c8-4-5-6(9)2-1-3-7(5)10/h1-3H,4H2.